The van der Waals surface area contributed by atoms with Crippen LogP contribution in [0.4, 0.5) is 0 Å². The Labute approximate surface area is 154 Å². The molecule has 1 aromatic carbocycles. The van der Waals surface area contributed by atoms with E-state index in [9.17, 15) is 14.7 Å². The number of allylic oxidation sites excluding steroid dienone is 2. The number of carbonyl (C=O) groups is 2. The number of amides is 1. The summed E-state index contributed by atoms with van der Waals surface area (Å²) in [6, 6.07) is 10.5. The van der Waals surface area contributed by atoms with Crippen molar-refractivity contribution in [3.8, 4) is 0 Å². The van der Waals surface area contributed by atoms with Crippen LogP contribution in [0.2, 0.25) is 0 Å². The lowest BCUT2D eigenvalue weighted by Crippen LogP contribution is -2.52. The van der Waals surface area contributed by atoms with Crippen molar-refractivity contribution in [3.05, 3.63) is 48.0 Å². The van der Waals surface area contributed by atoms with Crippen LogP contribution >= 0.6 is 0 Å². The van der Waals surface area contributed by atoms with Crippen LogP contribution in [0, 0.1) is 23.7 Å². The van der Waals surface area contributed by atoms with Crippen LogP contribution < -0.4 is 0 Å². The topological polar surface area (TPSA) is 60.9 Å². The maximum Gasteiger partial charge on any atom is 0.307 e. The highest BCUT2D eigenvalue weighted by atomic mass is 16.4. The molecule has 2 fully saturated rings. The molecule has 0 unspecified atom stereocenters. The van der Waals surface area contributed by atoms with Gasteiger partial charge in [0.1, 0.15) is 0 Å². The second kappa shape index (κ2) is 7.23. The summed E-state index contributed by atoms with van der Waals surface area (Å²) in [6.45, 7) is 4.15. The molecule has 0 aromatic heterocycles. The summed E-state index contributed by atoms with van der Waals surface area (Å²) in [7, 11) is 0. The van der Waals surface area contributed by atoms with E-state index in [2.05, 4.69) is 35.2 Å². The van der Waals surface area contributed by atoms with E-state index in [1.807, 2.05) is 17.0 Å². The smallest absolute Gasteiger partial charge is 0.307 e. The minimum Gasteiger partial charge on any atom is -0.481 e. The summed E-state index contributed by atoms with van der Waals surface area (Å²) in [5, 5.41) is 9.56. The number of aliphatic carboxylic acids is 1. The number of piperazine rings is 1. The van der Waals surface area contributed by atoms with E-state index in [0.29, 0.717) is 13.1 Å². The van der Waals surface area contributed by atoms with Gasteiger partial charge in [0.25, 0.3) is 0 Å². The first-order valence-electron chi connectivity index (χ1n) is 9.59. The van der Waals surface area contributed by atoms with E-state index in [1.165, 1.54) is 5.56 Å². The van der Waals surface area contributed by atoms with Gasteiger partial charge in [-0.3, -0.25) is 14.5 Å². The quantitative estimate of drug-likeness (QED) is 0.821. The Hall–Kier alpha value is -2.14. The van der Waals surface area contributed by atoms with Crippen LogP contribution in [0.15, 0.2) is 42.5 Å². The number of hydrogen-bond acceptors (Lipinski definition) is 3. The summed E-state index contributed by atoms with van der Waals surface area (Å²) in [5.74, 6) is -1.51. The van der Waals surface area contributed by atoms with Crippen LogP contribution in [-0.2, 0) is 16.0 Å². The van der Waals surface area contributed by atoms with Gasteiger partial charge in [-0.05, 0) is 30.2 Å². The second-order valence-corrected chi connectivity index (χ2v) is 7.74. The molecule has 1 heterocycles. The number of hydrogen-bond donors (Lipinski definition) is 1. The summed E-state index contributed by atoms with van der Waals surface area (Å²) >= 11 is 0. The highest BCUT2D eigenvalue weighted by molar-refractivity contribution is 5.87. The van der Waals surface area contributed by atoms with Gasteiger partial charge < -0.3 is 10.0 Å². The molecule has 0 spiro atoms. The first-order valence-corrected chi connectivity index (χ1v) is 9.59. The third kappa shape index (κ3) is 3.28. The minimum absolute atomic E-state index is 0.0404. The van der Waals surface area contributed by atoms with Gasteiger partial charge >= 0.3 is 5.97 Å². The fourth-order valence-corrected chi connectivity index (χ4v) is 4.83. The maximum atomic E-state index is 13.0. The fraction of sp³-hybridized carbons (Fsp3) is 0.524. The van der Waals surface area contributed by atoms with Gasteiger partial charge in [0.05, 0.1) is 11.8 Å². The number of nitrogens with zero attached hydrogens (tertiary/aromatic N) is 2. The first kappa shape index (κ1) is 17.3. The summed E-state index contributed by atoms with van der Waals surface area (Å²) in [4.78, 5) is 28.9. The molecule has 2 aliphatic carbocycles. The van der Waals surface area contributed by atoms with Crippen molar-refractivity contribution >= 4 is 11.9 Å². The Kier molecular flexibility index (Phi) is 4.81. The van der Waals surface area contributed by atoms with Crippen molar-refractivity contribution in [1.29, 1.82) is 0 Å². The van der Waals surface area contributed by atoms with Gasteiger partial charge in [-0.25, -0.2) is 0 Å². The largest absolute Gasteiger partial charge is 0.481 e. The predicted octanol–water partition coefficient (Wildman–Crippen LogP) is 1.90. The highest BCUT2D eigenvalue weighted by Crippen LogP contribution is 2.48. The summed E-state index contributed by atoms with van der Waals surface area (Å²) in [6.07, 6.45) is 5.90. The van der Waals surface area contributed by atoms with E-state index in [4.69, 9.17) is 0 Å². The molecular formula is C21H26N2O3. The van der Waals surface area contributed by atoms with Crippen molar-refractivity contribution in [2.24, 2.45) is 23.7 Å². The molecule has 2 bridgehead atoms. The minimum atomic E-state index is -0.818. The van der Waals surface area contributed by atoms with Gasteiger partial charge in [-0.2, -0.15) is 0 Å². The molecule has 1 aliphatic heterocycles. The van der Waals surface area contributed by atoms with Crippen LogP contribution in [-0.4, -0.2) is 59.5 Å². The molecule has 1 saturated carbocycles. The zero-order valence-corrected chi connectivity index (χ0v) is 15.0. The lowest BCUT2D eigenvalue weighted by atomic mass is 9.82. The van der Waals surface area contributed by atoms with Gasteiger partial charge in [-0.15, -0.1) is 0 Å². The van der Waals surface area contributed by atoms with Crippen LogP contribution in [0.1, 0.15) is 12.0 Å². The Balaban J connectivity index is 1.31. The third-order valence-electron chi connectivity index (χ3n) is 6.27. The Morgan fingerprint density at radius 3 is 2.27 bits per heavy atom. The Bertz CT molecular complexity index is 694. The molecule has 138 valence electrons. The van der Waals surface area contributed by atoms with Crippen molar-refractivity contribution in [3.63, 3.8) is 0 Å². The molecular weight excluding hydrogens is 328 g/mol. The number of rotatable bonds is 5. The summed E-state index contributed by atoms with van der Waals surface area (Å²) < 4.78 is 0. The highest BCUT2D eigenvalue weighted by Gasteiger charge is 2.52. The molecule has 1 saturated heterocycles. The maximum absolute atomic E-state index is 13.0. The predicted molar refractivity (Wildman–Crippen MR) is 98.5 cm³/mol. The van der Waals surface area contributed by atoms with Crippen molar-refractivity contribution in [2.75, 3.05) is 32.7 Å². The number of fused-ring (bicyclic) bond motifs is 2. The van der Waals surface area contributed by atoms with Gasteiger partial charge in [0, 0.05) is 32.7 Å². The number of carboxylic acids is 1. The fourth-order valence-electron chi connectivity index (χ4n) is 4.83. The van der Waals surface area contributed by atoms with Crippen molar-refractivity contribution in [2.45, 2.75) is 12.8 Å². The van der Waals surface area contributed by atoms with Crippen LogP contribution in [0.3, 0.4) is 0 Å². The number of carboxylic acid groups (broad SMARTS) is 1. The zero-order chi connectivity index (χ0) is 18.1. The van der Waals surface area contributed by atoms with E-state index >= 15 is 0 Å². The Morgan fingerprint density at radius 1 is 0.962 bits per heavy atom. The van der Waals surface area contributed by atoms with Crippen LogP contribution in [0.5, 0.6) is 0 Å². The molecule has 1 aromatic rings. The molecule has 4 atom stereocenters. The van der Waals surface area contributed by atoms with E-state index in [1.54, 1.807) is 0 Å². The molecule has 26 heavy (non-hydrogen) atoms. The zero-order valence-electron chi connectivity index (χ0n) is 15.0. The first-order chi connectivity index (χ1) is 12.6. The molecule has 5 heteroatoms. The standard InChI is InChI=1S/C21H26N2O3/c24-20(18-16-6-7-17(14-16)19(18)21(25)26)23-12-10-22(11-13-23)9-8-15-4-2-1-3-5-15/h1-7,16-19H,8-14H2,(H,25,26)/t16-,17+,18-,19+/m0/s1. The SMILES string of the molecule is O=C(O)[C@H]1[C@@H](C(=O)N2CCN(CCc3ccccc3)CC2)[C@H]2C=C[C@@H]1C2. The molecule has 4 rings (SSSR count). The Morgan fingerprint density at radius 2 is 1.62 bits per heavy atom. The molecule has 5 nitrogen and oxygen atoms in total. The normalized spacial score (nSPS) is 30.7. The van der Waals surface area contributed by atoms with Gasteiger partial charge in [0.15, 0.2) is 0 Å². The average Bonchev–Trinajstić information content (AvgIpc) is 3.28. The van der Waals surface area contributed by atoms with E-state index in [0.717, 1.165) is 32.5 Å². The number of benzene rings is 1. The lowest BCUT2D eigenvalue weighted by Gasteiger charge is -2.37. The van der Waals surface area contributed by atoms with Crippen molar-refractivity contribution in [1.82, 2.24) is 9.80 Å². The van der Waals surface area contributed by atoms with Crippen molar-refractivity contribution < 1.29 is 14.7 Å². The molecule has 1 amide bonds. The van der Waals surface area contributed by atoms with E-state index < -0.39 is 11.9 Å². The van der Waals surface area contributed by atoms with E-state index in [-0.39, 0.29) is 23.7 Å². The van der Waals surface area contributed by atoms with Gasteiger partial charge in [0.2, 0.25) is 5.91 Å². The number of carbonyl (C=O) groups excluding carboxylic acids is 1. The molecule has 0 radical (unpaired) electrons. The third-order valence-corrected chi connectivity index (χ3v) is 6.27. The van der Waals surface area contributed by atoms with Gasteiger partial charge in [-0.1, -0.05) is 42.5 Å². The second-order valence-electron chi connectivity index (χ2n) is 7.74. The van der Waals surface area contributed by atoms with Crippen LogP contribution in [0.25, 0.3) is 0 Å². The molecule has 1 N–H and O–H groups in total. The average molecular weight is 354 g/mol. The molecule has 3 aliphatic rings. The lowest BCUT2D eigenvalue weighted by molar-refractivity contribution is -0.151. The summed E-state index contributed by atoms with van der Waals surface area (Å²) in [5.41, 5.74) is 1.34. The monoisotopic (exact) mass is 354 g/mol.